The minimum Gasteiger partial charge on any atom is -0.456 e. The van der Waals surface area contributed by atoms with Crippen LogP contribution in [0.1, 0.15) is 36.1 Å². The Morgan fingerprint density at radius 2 is 1.50 bits per heavy atom. The molecule has 0 radical (unpaired) electrons. The molecule has 0 fully saturated rings. The van der Waals surface area contributed by atoms with Gasteiger partial charge in [0, 0.05) is 5.56 Å². The standard InChI is InChI=1S/C33H32O/c1-5-7-9-14-26(3)29-23-20-28(21-24-29)22-25-30(16-8-6-2)31-17-11-13-19-33(31)34-32-18-12-10-15-27(32)4/h5-25H,1H2,2-4H3/b8-6+,9-7-,25-22-,26-14+,30-16+. The van der Waals surface area contributed by atoms with E-state index in [2.05, 4.69) is 87.2 Å². The monoisotopic (exact) mass is 444 g/mol. The Labute approximate surface area is 204 Å². The van der Waals surface area contributed by atoms with Crippen LogP contribution in [0.3, 0.4) is 0 Å². The quantitative estimate of drug-likeness (QED) is 0.298. The van der Waals surface area contributed by atoms with E-state index in [4.69, 9.17) is 4.74 Å². The van der Waals surface area contributed by atoms with Crippen molar-refractivity contribution in [2.24, 2.45) is 0 Å². The zero-order valence-electron chi connectivity index (χ0n) is 20.2. The second-order valence-electron chi connectivity index (χ2n) is 7.94. The first-order valence-corrected chi connectivity index (χ1v) is 11.5. The molecule has 0 N–H and O–H groups in total. The van der Waals surface area contributed by atoms with Crippen LogP contribution in [0, 0.1) is 6.92 Å². The van der Waals surface area contributed by atoms with Gasteiger partial charge < -0.3 is 4.74 Å². The van der Waals surface area contributed by atoms with Gasteiger partial charge in [-0.3, -0.25) is 0 Å². The first-order chi connectivity index (χ1) is 16.6. The lowest BCUT2D eigenvalue weighted by atomic mass is 10.0. The van der Waals surface area contributed by atoms with Gasteiger partial charge in [-0.2, -0.15) is 0 Å². The average molecular weight is 445 g/mol. The third-order valence-corrected chi connectivity index (χ3v) is 5.39. The molecule has 0 heterocycles. The molecule has 3 rings (SSSR count). The van der Waals surface area contributed by atoms with Gasteiger partial charge in [0.1, 0.15) is 11.5 Å². The number of allylic oxidation sites excluding steroid dienone is 10. The Kier molecular flexibility index (Phi) is 9.25. The molecule has 3 aromatic carbocycles. The van der Waals surface area contributed by atoms with Crippen molar-refractivity contribution in [3.05, 3.63) is 150 Å². The van der Waals surface area contributed by atoms with Gasteiger partial charge >= 0.3 is 0 Å². The summed E-state index contributed by atoms with van der Waals surface area (Å²) in [6, 6.07) is 24.8. The maximum absolute atomic E-state index is 6.32. The fourth-order valence-electron chi connectivity index (χ4n) is 3.44. The van der Waals surface area contributed by atoms with Crippen molar-refractivity contribution in [1.82, 2.24) is 0 Å². The first kappa shape index (κ1) is 24.5. The van der Waals surface area contributed by atoms with Crippen LogP contribution in [0.15, 0.2) is 128 Å². The largest absolute Gasteiger partial charge is 0.456 e. The molecule has 1 nitrogen and oxygen atoms in total. The summed E-state index contributed by atoms with van der Waals surface area (Å²) in [7, 11) is 0. The van der Waals surface area contributed by atoms with Gasteiger partial charge in [0.15, 0.2) is 0 Å². The summed E-state index contributed by atoms with van der Waals surface area (Å²) in [6.07, 6.45) is 18.3. The second kappa shape index (κ2) is 12.8. The van der Waals surface area contributed by atoms with E-state index in [1.54, 1.807) is 6.08 Å². The molecule has 0 saturated carbocycles. The highest BCUT2D eigenvalue weighted by Crippen LogP contribution is 2.32. The topological polar surface area (TPSA) is 9.23 Å². The molecule has 0 atom stereocenters. The van der Waals surface area contributed by atoms with Gasteiger partial charge in [0.05, 0.1) is 0 Å². The highest BCUT2D eigenvalue weighted by Gasteiger charge is 2.08. The van der Waals surface area contributed by atoms with Crippen LogP contribution in [0.5, 0.6) is 11.5 Å². The van der Waals surface area contributed by atoms with Gasteiger partial charge in [-0.1, -0.05) is 122 Å². The van der Waals surface area contributed by atoms with Gasteiger partial charge in [-0.15, -0.1) is 0 Å². The van der Waals surface area contributed by atoms with Crippen LogP contribution < -0.4 is 4.74 Å². The Morgan fingerprint density at radius 1 is 0.794 bits per heavy atom. The van der Waals surface area contributed by atoms with E-state index in [-0.39, 0.29) is 0 Å². The highest BCUT2D eigenvalue weighted by molar-refractivity contribution is 5.83. The molecule has 34 heavy (non-hydrogen) atoms. The molecule has 0 aromatic heterocycles. The van der Waals surface area contributed by atoms with Crippen molar-refractivity contribution in [2.75, 3.05) is 0 Å². The van der Waals surface area contributed by atoms with Crippen LogP contribution in [-0.4, -0.2) is 0 Å². The van der Waals surface area contributed by atoms with Crippen molar-refractivity contribution >= 4 is 17.2 Å². The van der Waals surface area contributed by atoms with Gasteiger partial charge in [-0.05, 0) is 60.7 Å². The van der Waals surface area contributed by atoms with E-state index in [1.165, 1.54) is 11.1 Å². The molecule has 0 unspecified atom stereocenters. The summed E-state index contributed by atoms with van der Waals surface area (Å²) < 4.78 is 6.32. The number of rotatable bonds is 9. The zero-order valence-corrected chi connectivity index (χ0v) is 20.2. The number of aryl methyl sites for hydroxylation is 1. The number of para-hydroxylation sites is 2. The molecule has 0 aliphatic carbocycles. The van der Waals surface area contributed by atoms with Gasteiger partial charge in [-0.25, -0.2) is 0 Å². The van der Waals surface area contributed by atoms with E-state index < -0.39 is 0 Å². The molecule has 0 spiro atoms. The minimum atomic E-state index is 0.834. The van der Waals surface area contributed by atoms with E-state index in [0.29, 0.717) is 0 Å². The predicted molar refractivity (Wildman–Crippen MR) is 149 cm³/mol. The first-order valence-electron chi connectivity index (χ1n) is 11.5. The summed E-state index contributed by atoms with van der Waals surface area (Å²) in [5.74, 6) is 1.70. The lowest BCUT2D eigenvalue weighted by molar-refractivity contribution is 0.477. The van der Waals surface area contributed by atoms with Crippen molar-refractivity contribution in [1.29, 1.82) is 0 Å². The van der Waals surface area contributed by atoms with Gasteiger partial charge in [0.25, 0.3) is 0 Å². The molecule has 0 aliphatic heterocycles. The lowest BCUT2D eigenvalue weighted by Crippen LogP contribution is -1.92. The summed E-state index contributed by atoms with van der Waals surface area (Å²) in [5, 5.41) is 0. The molecule has 0 amide bonds. The number of hydrogen-bond donors (Lipinski definition) is 0. The Hall–Kier alpha value is -4.10. The minimum absolute atomic E-state index is 0.834. The third kappa shape index (κ3) is 6.95. The van der Waals surface area contributed by atoms with Crippen molar-refractivity contribution < 1.29 is 4.74 Å². The summed E-state index contributed by atoms with van der Waals surface area (Å²) >= 11 is 0. The van der Waals surface area contributed by atoms with Crippen molar-refractivity contribution in [3.63, 3.8) is 0 Å². The van der Waals surface area contributed by atoms with Crippen molar-refractivity contribution in [3.8, 4) is 11.5 Å². The van der Waals surface area contributed by atoms with Crippen molar-refractivity contribution in [2.45, 2.75) is 20.8 Å². The maximum Gasteiger partial charge on any atom is 0.135 e. The fraction of sp³-hybridized carbons (Fsp3) is 0.0909. The second-order valence-corrected chi connectivity index (χ2v) is 7.94. The van der Waals surface area contributed by atoms with Crippen LogP contribution in [-0.2, 0) is 0 Å². The van der Waals surface area contributed by atoms with E-state index in [0.717, 1.165) is 33.8 Å². The van der Waals surface area contributed by atoms with Gasteiger partial charge in [0.2, 0.25) is 0 Å². The SMILES string of the molecule is C=C/C=C\C=C(/C)c1ccc(\C=C/C(=C\C=C\C)c2ccccc2Oc2ccccc2C)cc1. The zero-order chi connectivity index (χ0) is 24.2. The number of ether oxygens (including phenoxy) is 1. The van der Waals surface area contributed by atoms with E-state index in [9.17, 15) is 0 Å². The van der Waals surface area contributed by atoms with E-state index in [1.807, 2.05) is 61.5 Å². The Balaban J connectivity index is 1.88. The summed E-state index contributed by atoms with van der Waals surface area (Å²) in [4.78, 5) is 0. The normalized spacial score (nSPS) is 12.7. The smallest absolute Gasteiger partial charge is 0.135 e. The molecule has 0 saturated heterocycles. The molecular weight excluding hydrogens is 412 g/mol. The van der Waals surface area contributed by atoms with Crippen LogP contribution in [0.2, 0.25) is 0 Å². The molecular formula is C33H32O. The molecule has 3 aromatic rings. The van der Waals surface area contributed by atoms with Crippen LogP contribution >= 0.6 is 0 Å². The molecule has 0 bridgehead atoms. The van der Waals surface area contributed by atoms with Crippen LogP contribution in [0.4, 0.5) is 0 Å². The summed E-state index contributed by atoms with van der Waals surface area (Å²) in [5.41, 5.74) is 6.79. The lowest BCUT2D eigenvalue weighted by Gasteiger charge is -2.13. The third-order valence-electron chi connectivity index (χ3n) is 5.39. The fourth-order valence-corrected chi connectivity index (χ4v) is 3.44. The maximum atomic E-state index is 6.32. The molecule has 1 heteroatoms. The highest BCUT2D eigenvalue weighted by atomic mass is 16.5. The Morgan fingerprint density at radius 3 is 2.21 bits per heavy atom. The summed E-state index contributed by atoms with van der Waals surface area (Å²) in [6.45, 7) is 9.90. The van der Waals surface area contributed by atoms with Crippen LogP contribution in [0.25, 0.3) is 17.2 Å². The predicted octanol–water partition coefficient (Wildman–Crippen LogP) is 9.61. The van der Waals surface area contributed by atoms with E-state index >= 15 is 0 Å². The number of benzene rings is 3. The number of hydrogen-bond acceptors (Lipinski definition) is 1. The molecule has 0 aliphatic rings. The Bertz CT molecular complexity index is 1250. The molecule has 170 valence electrons. The average Bonchev–Trinajstić information content (AvgIpc) is 2.86.